The Labute approximate surface area is 115 Å². The number of amides is 2. The Hall–Kier alpha value is -1.10. The van der Waals surface area contributed by atoms with Crippen molar-refractivity contribution >= 4 is 11.8 Å². The van der Waals surface area contributed by atoms with Gasteiger partial charge in [0.25, 0.3) is 0 Å². The lowest BCUT2D eigenvalue weighted by atomic mass is 10.2. The molecular weight excluding hydrogens is 242 g/mol. The number of nitrogens with zero attached hydrogens (tertiary/aromatic N) is 2. The third kappa shape index (κ3) is 3.93. The van der Waals surface area contributed by atoms with E-state index in [-0.39, 0.29) is 17.9 Å². The molecule has 108 valence electrons. The molecule has 5 heteroatoms. The molecule has 1 heterocycles. The maximum atomic E-state index is 12.4. The predicted octanol–water partition coefficient (Wildman–Crippen LogP) is 0.455. The van der Waals surface area contributed by atoms with E-state index in [2.05, 4.69) is 5.32 Å². The molecule has 0 aromatic rings. The van der Waals surface area contributed by atoms with Crippen LogP contribution in [0, 0.1) is 5.92 Å². The molecule has 0 spiro atoms. The van der Waals surface area contributed by atoms with Gasteiger partial charge in [0.1, 0.15) is 0 Å². The third-order valence-electron chi connectivity index (χ3n) is 3.85. The lowest BCUT2D eigenvalue weighted by Crippen LogP contribution is -2.49. The van der Waals surface area contributed by atoms with E-state index in [1.807, 2.05) is 13.8 Å². The van der Waals surface area contributed by atoms with Crippen molar-refractivity contribution in [3.63, 3.8) is 0 Å². The maximum absolute atomic E-state index is 12.4. The quantitative estimate of drug-likeness (QED) is 0.756. The average Bonchev–Trinajstić information content (AvgIpc) is 3.20. The van der Waals surface area contributed by atoms with Gasteiger partial charge in [-0.1, -0.05) is 0 Å². The van der Waals surface area contributed by atoms with Crippen LogP contribution in [0.25, 0.3) is 0 Å². The summed E-state index contributed by atoms with van der Waals surface area (Å²) in [7, 11) is 0. The summed E-state index contributed by atoms with van der Waals surface area (Å²) in [5, 5.41) is 3.25. The molecule has 19 heavy (non-hydrogen) atoms. The van der Waals surface area contributed by atoms with Crippen LogP contribution < -0.4 is 5.32 Å². The van der Waals surface area contributed by atoms with Crippen LogP contribution in [0.3, 0.4) is 0 Å². The van der Waals surface area contributed by atoms with Crippen LogP contribution >= 0.6 is 0 Å². The van der Waals surface area contributed by atoms with Crippen LogP contribution in [0.15, 0.2) is 0 Å². The molecule has 1 aliphatic carbocycles. The Morgan fingerprint density at radius 3 is 2.63 bits per heavy atom. The standard InChI is InChI=1S/C14H25N3O2/c1-11(2)17(10-12-4-5-12)14(19)13(18)16-8-3-6-15-7-9-16/h11-12,15H,3-10H2,1-2H3. The third-order valence-corrected chi connectivity index (χ3v) is 3.85. The van der Waals surface area contributed by atoms with Crippen LogP contribution in [-0.4, -0.2) is 60.4 Å². The number of rotatable bonds is 3. The smallest absolute Gasteiger partial charge is 0.312 e. The van der Waals surface area contributed by atoms with Gasteiger partial charge in [-0.15, -0.1) is 0 Å². The van der Waals surface area contributed by atoms with Gasteiger partial charge in [-0.2, -0.15) is 0 Å². The van der Waals surface area contributed by atoms with Crippen LogP contribution in [0.4, 0.5) is 0 Å². The van der Waals surface area contributed by atoms with Gasteiger partial charge in [-0.05, 0) is 45.6 Å². The first kappa shape index (κ1) is 14.3. The second kappa shape index (κ2) is 6.37. The van der Waals surface area contributed by atoms with Gasteiger partial charge in [-0.25, -0.2) is 0 Å². The Kier molecular flexibility index (Phi) is 4.80. The molecule has 2 fully saturated rings. The first-order valence-electron chi connectivity index (χ1n) is 7.40. The zero-order chi connectivity index (χ0) is 13.8. The largest absolute Gasteiger partial charge is 0.333 e. The predicted molar refractivity (Wildman–Crippen MR) is 73.6 cm³/mol. The zero-order valence-corrected chi connectivity index (χ0v) is 12.0. The Bertz CT molecular complexity index is 332. The SMILES string of the molecule is CC(C)N(CC1CC1)C(=O)C(=O)N1CCCNCC1. The van der Waals surface area contributed by atoms with E-state index in [9.17, 15) is 9.59 Å². The van der Waals surface area contributed by atoms with Gasteiger partial charge in [0.15, 0.2) is 0 Å². The molecule has 0 unspecified atom stereocenters. The van der Waals surface area contributed by atoms with Crippen molar-refractivity contribution in [2.45, 2.75) is 39.2 Å². The maximum Gasteiger partial charge on any atom is 0.312 e. The molecule has 2 rings (SSSR count). The van der Waals surface area contributed by atoms with Gasteiger partial charge in [0, 0.05) is 32.2 Å². The molecule has 1 N–H and O–H groups in total. The lowest BCUT2D eigenvalue weighted by molar-refractivity contribution is -0.153. The molecule has 0 radical (unpaired) electrons. The lowest BCUT2D eigenvalue weighted by Gasteiger charge is -2.29. The summed E-state index contributed by atoms with van der Waals surface area (Å²) in [4.78, 5) is 28.1. The highest BCUT2D eigenvalue weighted by molar-refractivity contribution is 6.35. The molecule has 2 amide bonds. The van der Waals surface area contributed by atoms with Crippen LogP contribution in [0.2, 0.25) is 0 Å². The van der Waals surface area contributed by atoms with Crippen molar-refractivity contribution in [1.29, 1.82) is 0 Å². The van der Waals surface area contributed by atoms with Gasteiger partial charge < -0.3 is 15.1 Å². The summed E-state index contributed by atoms with van der Waals surface area (Å²) in [5.74, 6) is -0.0215. The first-order valence-corrected chi connectivity index (χ1v) is 7.40. The van der Waals surface area contributed by atoms with E-state index < -0.39 is 0 Å². The van der Waals surface area contributed by atoms with Crippen molar-refractivity contribution in [2.24, 2.45) is 5.92 Å². The fourth-order valence-electron chi connectivity index (χ4n) is 2.41. The molecule has 5 nitrogen and oxygen atoms in total. The second-order valence-corrected chi connectivity index (χ2v) is 5.89. The molecule has 0 aromatic carbocycles. The normalized spacial score (nSPS) is 20.3. The number of hydrogen-bond acceptors (Lipinski definition) is 3. The molecule has 1 aliphatic heterocycles. The minimum atomic E-state index is -0.321. The van der Waals surface area contributed by atoms with E-state index in [1.165, 1.54) is 12.8 Å². The number of carbonyl (C=O) groups is 2. The van der Waals surface area contributed by atoms with Gasteiger partial charge in [0.2, 0.25) is 0 Å². The minimum absolute atomic E-state index is 0.0992. The molecule has 0 atom stereocenters. The van der Waals surface area contributed by atoms with Crippen molar-refractivity contribution < 1.29 is 9.59 Å². The molecule has 2 aliphatic rings. The highest BCUT2D eigenvalue weighted by atomic mass is 16.2. The van der Waals surface area contributed by atoms with Gasteiger partial charge in [0.05, 0.1) is 0 Å². The van der Waals surface area contributed by atoms with Crippen LogP contribution in [0.1, 0.15) is 33.1 Å². The highest BCUT2D eigenvalue weighted by Gasteiger charge is 2.33. The topological polar surface area (TPSA) is 52.7 Å². The van der Waals surface area contributed by atoms with E-state index in [0.29, 0.717) is 19.0 Å². The van der Waals surface area contributed by atoms with Crippen LogP contribution in [-0.2, 0) is 9.59 Å². The van der Waals surface area contributed by atoms with E-state index in [4.69, 9.17) is 0 Å². The monoisotopic (exact) mass is 267 g/mol. The van der Waals surface area contributed by atoms with Crippen molar-refractivity contribution in [3.05, 3.63) is 0 Å². The minimum Gasteiger partial charge on any atom is -0.333 e. The molecule has 1 saturated carbocycles. The summed E-state index contributed by atoms with van der Waals surface area (Å²) in [5.41, 5.74) is 0. The van der Waals surface area contributed by atoms with Crippen molar-refractivity contribution in [1.82, 2.24) is 15.1 Å². The van der Waals surface area contributed by atoms with E-state index >= 15 is 0 Å². The fourth-order valence-corrected chi connectivity index (χ4v) is 2.41. The molecule has 0 aromatic heterocycles. The molecule has 0 bridgehead atoms. The number of hydrogen-bond donors (Lipinski definition) is 1. The summed E-state index contributed by atoms with van der Waals surface area (Å²) >= 11 is 0. The molecular formula is C14H25N3O2. The summed E-state index contributed by atoms with van der Waals surface area (Å²) in [6, 6.07) is 0.0992. The second-order valence-electron chi connectivity index (χ2n) is 5.89. The Morgan fingerprint density at radius 1 is 1.26 bits per heavy atom. The fraction of sp³-hybridized carbons (Fsp3) is 0.857. The van der Waals surface area contributed by atoms with E-state index in [1.54, 1.807) is 9.80 Å². The van der Waals surface area contributed by atoms with Gasteiger partial charge in [-0.3, -0.25) is 9.59 Å². The van der Waals surface area contributed by atoms with Gasteiger partial charge >= 0.3 is 11.8 Å². The molecule has 1 saturated heterocycles. The van der Waals surface area contributed by atoms with Crippen LogP contribution in [0.5, 0.6) is 0 Å². The number of carbonyl (C=O) groups excluding carboxylic acids is 2. The van der Waals surface area contributed by atoms with Crippen molar-refractivity contribution in [3.8, 4) is 0 Å². The first-order chi connectivity index (χ1) is 9.09. The Balaban J connectivity index is 1.96. The average molecular weight is 267 g/mol. The Morgan fingerprint density at radius 2 is 2.00 bits per heavy atom. The number of nitrogens with one attached hydrogen (secondary N) is 1. The summed E-state index contributed by atoms with van der Waals surface area (Å²) < 4.78 is 0. The highest BCUT2D eigenvalue weighted by Crippen LogP contribution is 2.30. The zero-order valence-electron chi connectivity index (χ0n) is 12.0. The summed E-state index contributed by atoms with van der Waals surface area (Å²) in [6.07, 6.45) is 3.31. The van der Waals surface area contributed by atoms with E-state index in [0.717, 1.165) is 26.1 Å². The summed E-state index contributed by atoms with van der Waals surface area (Å²) in [6.45, 7) is 7.74. The van der Waals surface area contributed by atoms with Crippen molar-refractivity contribution in [2.75, 3.05) is 32.7 Å².